The van der Waals surface area contributed by atoms with Crippen molar-refractivity contribution in [1.82, 2.24) is 14.8 Å². The summed E-state index contributed by atoms with van der Waals surface area (Å²) >= 11 is 0. The maximum Gasteiger partial charge on any atom is 0.236 e. The second-order valence-electron chi connectivity index (χ2n) is 6.69. The molecule has 2 aliphatic rings. The lowest BCUT2D eigenvalue weighted by Crippen LogP contribution is -2.67. The smallest absolute Gasteiger partial charge is 0.236 e. The predicted molar refractivity (Wildman–Crippen MR) is 86.3 cm³/mol. The van der Waals surface area contributed by atoms with Crippen LogP contribution in [0.2, 0.25) is 0 Å². The lowest BCUT2D eigenvalue weighted by molar-refractivity contribution is -0.166. The Kier molecular flexibility index (Phi) is 4.82. The Morgan fingerprint density at radius 3 is 3.00 bits per heavy atom. The van der Waals surface area contributed by atoms with Gasteiger partial charge in [-0.3, -0.25) is 4.79 Å². The van der Waals surface area contributed by atoms with Gasteiger partial charge in [0.05, 0.1) is 26.2 Å². The van der Waals surface area contributed by atoms with Crippen molar-refractivity contribution in [2.75, 3.05) is 46.9 Å². The van der Waals surface area contributed by atoms with Crippen LogP contribution < -0.4 is 4.74 Å². The first kappa shape index (κ1) is 16.2. The van der Waals surface area contributed by atoms with Gasteiger partial charge in [-0.15, -0.1) is 0 Å². The molecule has 2 aliphatic heterocycles. The molecule has 1 aromatic rings. The van der Waals surface area contributed by atoms with Gasteiger partial charge in [0, 0.05) is 18.9 Å². The highest BCUT2D eigenvalue weighted by atomic mass is 16.5. The van der Waals surface area contributed by atoms with E-state index in [0.717, 1.165) is 19.4 Å². The van der Waals surface area contributed by atoms with Crippen LogP contribution in [0, 0.1) is 5.92 Å². The maximum atomic E-state index is 12.1. The van der Waals surface area contributed by atoms with E-state index in [9.17, 15) is 4.79 Å². The van der Waals surface area contributed by atoms with Crippen molar-refractivity contribution < 1.29 is 14.3 Å². The van der Waals surface area contributed by atoms with Crippen LogP contribution in [0.1, 0.15) is 12.8 Å². The quantitative estimate of drug-likeness (QED) is 0.784. The second kappa shape index (κ2) is 6.84. The largest absolute Gasteiger partial charge is 0.478 e. The third-order valence-electron chi connectivity index (χ3n) is 4.68. The number of hydrogen-bond donors (Lipinski definition) is 0. The van der Waals surface area contributed by atoms with Crippen molar-refractivity contribution in [2.24, 2.45) is 5.92 Å². The average Bonchev–Trinajstić information content (AvgIpc) is 2.90. The first-order valence-electron chi connectivity index (χ1n) is 8.19. The molecule has 2 saturated heterocycles. The zero-order chi connectivity index (χ0) is 16.3. The topological polar surface area (TPSA) is 54.9 Å². The molecule has 0 bridgehead atoms. The normalized spacial score (nSPS) is 22.4. The molecule has 126 valence electrons. The van der Waals surface area contributed by atoms with E-state index >= 15 is 0 Å². The number of rotatable bonds is 6. The number of hydrogen-bond acceptors (Lipinski definition) is 5. The van der Waals surface area contributed by atoms with E-state index in [2.05, 4.69) is 4.98 Å². The fourth-order valence-corrected chi connectivity index (χ4v) is 3.43. The van der Waals surface area contributed by atoms with Gasteiger partial charge in [-0.25, -0.2) is 4.98 Å². The fraction of sp³-hybridized carbons (Fsp3) is 0.647. The Balaban J connectivity index is 1.46. The van der Waals surface area contributed by atoms with E-state index in [1.54, 1.807) is 6.20 Å². The second-order valence-corrected chi connectivity index (χ2v) is 6.69. The number of ether oxygens (including phenoxy) is 2. The molecule has 0 N–H and O–H groups in total. The Morgan fingerprint density at radius 2 is 2.30 bits per heavy atom. The van der Waals surface area contributed by atoms with Crippen molar-refractivity contribution >= 4 is 5.91 Å². The number of amides is 1. The molecular formula is C17H25N3O3. The van der Waals surface area contributed by atoms with Crippen LogP contribution >= 0.6 is 0 Å². The lowest BCUT2D eigenvalue weighted by Gasteiger charge is -2.50. The van der Waals surface area contributed by atoms with Crippen molar-refractivity contribution in [2.45, 2.75) is 18.4 Å². The number of pyridine rings is 1. The third-order valence-corrected chi connectivity index (χ3v) is 4.68. The van der Waals surface area contributed by atoms with Crippen molar-refractivity contribution in [3.63, 3.8) is 0 Å². The Bertz CT molecular complexity index is 529. The van der Waals surface area contributed by atoms with E-state index in [-0.39, 0.29) is 11.5 Å². The number of aromatic nitrogens is 1. The zero-order valence-electron chi connectivity index (χ0n) is 13.9. The monoisotopic (exact) mass is 319 g/mol. The summed E-state index contributed by atoms with van der Waals surface area (Å²) in [7, 11) is 3.83. The van der Waals surface area contributed by atoms with Crippen molar-refractivity contribution in [1.29, 1.82) is 0 Å². The van der Waals surface area contributed by atoms with Crippen LogP contribution in [0.15, 0.2) is 24.4 Å². The molecular weight excluding hydrogens is 294 g/mol. The number of likely N-dealkylation sites (tertiary alicyclic amines) is 1. The molecule has 1 atom stereocenters. The minimum absolute atomic E-state index is 0.143. The van der Waals surface area contributed by atoms with Crippen LogP contribution in [0.5, 0.6) is 5.88 Å². The summed E-state index contributed by atoms with van der Waals surface area (Å²) in [6, 6.07) is 5.66. The predicted octanol–water partition coefficient (Wildman–Crippen LogP) is 1.03. The summed E-state index contributed by atoms with van der Waals surface area (Å²) in [5.74, 6) is 1.30. The van der Waals surface area contributed by atoms with Gasteiger partial charge < -0.3 is 19.3 Å². The summed E-state index contributed by atoms with van der Waals surface area (Å²) < 4.78 is 11.7. The van der Waals surface area contributed by atoms with Crippen LogP contribution in [0.25, 0.3) is 0 Å². The van der Waals surface area contributed by atoms with Crippen molar-refractivity contribution in [3.8, 4) is 5.88 Å². The van der Waals surface area contributed by atoms with E-state index in [1.165, 1.54) is 0 Å². The number of carbonyl (C=O) groups is 1. The van der Waals surface area contributed by atoms with E-state index in [4.69, 9.17) is 9.47 Å². The van der Waals surface area contributed by atoms with Gasteiger partial charge in [0.1, 0.15) is 5.60 Å². The summed E-state index contributed by atoms with van der Waals surface area (Å²) in [6.45, 7) is 3.31. The van der Waals surface area contributed by atoms with Gasteiger partial charge in [-0.05, 0) is 38.9 Å². The summed E-state index contributed by atoms with van der Waals surface area (Å²) in [5.41, 5.74) is -0.143. The van der Waals surface area contributed by atoms with E-state index in [0.29, 0.717) is 38.0 Å². The summed E-state index contributed by atoms with van der Waals surface area (Å²) in [4.78, 5) is 20.0. The van der Waals surface area contributed by atoms with Crippen LogP contribution in [0.4, 0.5) is 0 Å². The molecule has 3 heterocycles. The molecule has 6 nitrogen and oxygen atoms in total. The van der Waals surface area contributed by atoms with Gasteiger partial charge in [-0.2, -0.15) is 0 Å². The zero-order valence-corrected chi connectivity index (χ0v) is 13.9. The molecule has 1 amide bonds. The highest BCUT2D eigenvalue weighted by molar-refractivity contribution is 5.79. The first-order chi connectivity index (χ1) is 11.1. The molecule has 1 aromatic heterocycles. The molecule has 6 heteroatoms. The Hall–Kier alpha value is -1.66. The molecule has 0 radical (unpaired) electrons. The number of carbonyl (C=O) groups excluding carboxylic acids is 1. The number of likely N-dealkylation sites (N-methyl/N-ethyl adjacent to an activating group) is 1. The molecule has 23 heavy (non-hydrogen) atoms. The third kappa shape index (κ3) is 3.64. The summed E-state index contributed by atoms with van der Waals surface area (Å²) in [5, 5.41) is 0. The van der Waals surface area contributed by atoms with Gasteiger partial charge in [0.25, 0.3) is 0 Å². The van der Waals surface area contributed by atoms with Gasteiger partial charge in [-0.1, -0.05) is 6.07 Å². The Labute approximate surface area is 137 Å². The van der Waals surface area contributed by atoms with E-state index in [1.807, 2.05) is 42.1 Å². The molecule has 3 rings (SSSR count). The van der Waals surface area contributed by atoms with Crippen LogP contribution in [-0.4, -0.2) is 73.2 Å². The average molecular weight is 319 g/mol. The molecule has 0 aliphatic carbocycles. The van der Waals surface area contributed by atoms with Crippen LogP contribution in [-0.2, 0) is 9.53 Å². The minimum atomic E-state index is -0.143. The molecule has 0 unspecified atom stereocenters. The van der Waals surface area contributed by atoms with Crippen molar-refractivity contribution in [3.05, 3.63) is 24.4 Å². The van der Waals surface area contributed by atoms with Gasteiger partial charge >= 0.3 is 0 Å². The van der Waals surface area contributed by atoms with Gasteiger partial charge in [0.15, 0.2) is 0 Å². The first-order valence-corrected chi connectivity index (χ1v) is 8.19. The van der Waals surface area contributed by atoms with Crippen LogP contribution in [0.3, 0.4) is 0 Å². The van der Waals surface area contributed by atoms with E-state index < -0.39 is 0 Å². The highest BCUT2D eigenvalue weighted by Crippen LogP contribution is 2.41. The molecule has 2 fully saturated rings. The maximum absolute atomic E-state index is 12.1. The number of nitrogens with zero attached hydrogens (tertiary/aromatic N) is 3. The molecule has 0 saturated carbocycles. The standard InChI is InChI=1S/C17H25N3O3/c1-19(2)11-16(21)20-12-17(13-20)14(7-10-23-17)6-9-22-15-5-3-4-8-18-15/h3-5,8,14H,6-7,9-13H2,1-2H3/t14-/m1/s1. The SMILES string of the molecule is CN(C)CC(=O)N1CC2(C1)OCC[C@H]2CCOc1ccccn1. The van der Waals surface area contributed by atoms with Gasteiger partial charge in [0.2, 0.25) is 11.8 Å². The highest BCUT2D eigenvalue weighted by Gasteiger charge is 2.54. The molecule has 0 aromatic carbocycles. The lowest BCUT2D eigenvalue weighted by atomic mass is 9.79. The molecule has 1 spiro atoms. The fourth-order valence-electron chi connectivity index (χ4n) is 3.43. The minimum Gasteiger partial charge on any atom is -0.478 e. The Morgan fingerprint density at radius 1 is 1.48 bits per heavy atom. The summed E-state index contributed by atoms with van der Waals surface area (Å²) in [6.07, 6.45) is 3.71.